The minimum atomic E-state index is -4.08. The lowest BCUT2D eigenvalue weighted by molar-refractivity contribution is -0.386. The van der Waals surface area contributed by atoms with Gasteiger partial charge in [0.15, 0.2) is 5.65 Å². The number of rotatable bonds is 14. The van der Waals surface area contributed by atoms with E-state index in [4.69, 9.17) is 9.84 Å². The van der Waals surface area contributed by atoms with Gasteiger partial charge in [0.1, 0.15) is 11.6 Å². The van der Waals surface area contributed by atoms with Gasteiger partial charge < -0.3 is 14.7 Å². The highest BCUT2D eigenvalue weighted by Crippen LogP contribution is 2.70. The fraction of sp³-hybridized carbons (Fsp3) is 0.500. The summed E-state index contributed by atoms with van der Waals surface area (Å²) in [7, 11) is -4.08. The molecule has 0 radical (unpaired) electrons. The number of carbonyl (C=O) groups is 1. The number of nitrogens with zero attached hydrogens (tertiary/aromatic N) is 6. The molecule has 2 aliphatic carbocycles. The van der Waals surface area contributed by atoms with Crippen LogP contribution in [0.15, 0.2) is 66.1 Å². The number of aliphatic hydroxyl groups is 1. The zero-order chi connectivity index (χ0) is 33.6. The molecule has 7 rings (SSSR count). The van der Waals surface area contributed by atoms with Crippen molar-refractivity contribution in [1.29, 1.82) is 0 Å². The van der Waals surface area contributed by atoms with Crippen LogP contribution in [0.5, 0.6) is 0 Å². The Morgan fingerprint density at radius 3 is 2.54 bits per heavy atom. The molecule has 3 atom stereocenters. The second kappa shape index (κ2) is 12.6. The second-order valence-corrected chi connectivity index (χ2v) is 15.1. The zero-order valence-electron chi connectivity index (χ0n) is 26.8. The first-order chi connectivity index (χ1) is 23.2. The van der Waals surface area contributed by atoms with E-state index >= 15 is 0 Å². The third-order valence-electron chi connectivity index (χ3n) is 10.6. The molecule has 1 saturated heterocycles. The van der Waals surface area contributed by atoms with Crippen molar-refractivity contribution in [2.24, 2.45) is 17.8 Å². The first-order valence-corrected chi connectivity index (χ1v) is 18.2. The summed E-state index contributed by atoms with van der Waals surface area (Å²) in [5.41, 5.74) is -0.715. The molecule has 48 heavy (non-hydrogen) atoms. The summed E-state index contributed by atoms with van der Waals surface area (Å²) in [5.74, 6) is 1.97. The zero-order valence-corrected chi connectivity index (χ0v) is 27.7. The van der Waals surface area contributed by atoms with E-state index in [1.807, 2.05) is 10.9 Å². The number of piperidine rings is 1. The van der Waals surface area contributed by atoms with E-state index in [0.717, 1.165) is 59.3 Å². The van der Waals surface area contributed by atoms with Crippen LogP contribution in [0.2, 0.25) is 0 Å². The van der Waals surface area contributed by atoms with Crippen LogP contribution in [0, 0.1) is 27.9 Å². The number of anilines is 1. The summed E-state index contributed by atoms with van der Waals surface area (Å²) in [6.07, 6.45) is 11.8. The average Bonchev–Trinajstić information content (AvgIpc) is 3.88. The molecule has 0 bridgehead atoms. The summed E-state index contributed by atoms with van der Waals surface area (Å²) in [6, 6.07) is 9.62. The first-order valence-electron chi connectivity index (χ1n) is 16.7. The number of ether oxygens (including phenoxy) is 1. The van der Waals surface area contributed by atoms with Gasteiger partial charge in [-0.3, -0.25) is 19.6 Å². The van der Waals surface area contributed by atoms with Gasteiger partial charge in [-0.25, -0.2) is 17.4 Å². The number of aliphatic hydroxyl groups excluding tert-OH is 1. The lowest BCUT2D eigenvalue weighted by Gasteiger charge is -2.40. The third-order valence-corrected chi connectivity index (χ3v) is 12.3. The van der Waals surface area contributed by atoms with Crippen LogP contribution < -0.4 is 4.90 Å². The molecule has 1 aromatic carbocycles. The highest BCUT2D eigenvalue weighted by atomic mass is 32.2. The maximum absolute atomic E-state index is 13.9. The highest BCUT2D eigenvalue weighted by molar-refractivity contribution is 7.90. The standard InChI is InChI=1S/C34H40N6O7S/c1-2-47-33(42)34(31-26-11-14-39(32(26)35-21-30(31)40(43)44)48(45,46)25-9-4-3-5-10-25)12-15-37(16-13-34)24-20-36-38(22-24)23(8-6-7-17-41)18-27-28-19-29(27)28/h3-5,9-11,14,20-23,27-29,41H,2,6-8,12-13,15-19H2,1H3. The Morgan fingerprint density at radius 1 is 1.15 bits per heavy atom. The predicted octanol–water partition coefficient (Wildman–Crippen LogP) is 4.84. The quantitative estimate of drug-likeness (QED) is 0.0847. The Bertz CT molecular complexity index is 1930. The number of hydrogen-bond donors (Lipinski definition) is 1. The lowest BCUT2D eigenvalue weighted by atomic mass is 9.71. The first kappa shape index (κ1) is 32.3. The minimum absolute atomic E-state index is 0.00683. The number of hydrogen-bond acceptors (Lipinski definition) is 10. The number of unbranched alkanes of at least 4 members (excludes halogenated alkanes) is 1. The Morgan fingerprint density at radius 2 is 1.90 bits per heavy atom. The average molecular weight is 677 g/mol. The molecule has 13 nitrogen and oxygen atoms in total. The fourth-order valence-electron chi connectivity index (χ4n) is 7.68. The summed E-state index contributed by atoms with van der Waals surface area (Å²) >= 11 is 0. The van der Waals surface area contributed by atoms with E-state index in [2.05, 4.69) is 16.1 Å². The normalized spacial score (nSPS) is 21.9. The molecular weight excluding hydrogens is 636 g/mol. The van der Waals surface area contributed by atoms with Gasteiger partial charge in [0.2, 0.25) is 0 Å². The van der Waals surface area contributed by atoms with Gasteiger partial charge in [0.25, 0.3) is 15.7 Å². The fourth-order valence-corrected chi connectivity index (χ4v) is 9.01. The van der Waals surface area contributed by atoms with Crippen molar-refractivity contribution in [3.05, 3.63) is 76.9 Å². The van der Waals surface area contributed by atoms with Crippen LogP contribution in [-0.4, -0.2) is 69.5 Å². The Hall–Kier alpha value is -4.30. The largest absolute Gasteiger partial charge is 0.465 e. The van der Waals surface area contributed by atoms with Crippen LogP contribution in [0.1, 0.15) is 63.5 Å². The molecule has 0 spiro atoms. The molecule has 14 heteroatoms. The van der Waals surface area contributed by atoms with Crippen LogP contribution in [-0.2, 0) is 25.0 Å². The molecule has 1 N–H and O–H groups in total. The summed E-state index contributed by atoms with van der Waals surface area (Å²) in [4.78, 5) is 32.2. The van der Waals surface area contributed by atoms with Gasteiger partial charge >= 0.3 is 5.97 Å². The van der Waals surface area contributed by atoms with Gasteiger partial charge in [0, 0.05) is 37.5 Å². The van der Waals surface area contributed by atoms with Gasteiger partial charge in [-0.05, 0) is 87.8 Å². The van der Waals surface area contributed by atoms with Crippen molar-refractivity contribution in [2.75, 3.05) is 31.2 Å². The third kappa shape index (κ3) is 5.64. The molecule has 3 unspecified atom stereocenters. The van der Waals surface area contributed by atoms with Crippen molar-refractivity contribution in [2.45, 2.75) is 68.2 Å². The van der Waals surface area contributed by atoms with Crippen molar-refractivity contribution < 1.29 is 28.0 Å². The van der Waals surface area contributed by atoms with Crippen molar-refractivity contribution in [3.8, 4) is 0 Å². The molecule has 3 aromatic heterocycles. The number of nitro groups is 1. The number of esters is 1. The monoisotopic (exact) mass is 676 g/mol. The van der Waals surface area contributed by atoms with E-state index in [1.54, 1.807) is 25.1 Å². The van der Waals surface area contributed by atoms with Gasteiger partial charge in [-0.2, -0.15) is 5.10 Å². The predicted molar refractivity (Wildman–Crippen MR) is 177 cm³/mol. The molecule has 4 heterocycles. The van der Waals surface area contributed by atoms with Gasteiger partial charge in [-0.15, -0.1) is 0 Å². The van der Waals surface area contributed by atoms with E-state index in [0.29, 0.717) is 13.1 Å². The van der Waals surface area contributed by atoms with Crippen molar-refractivity contribution in [3.63, 3.8) is 0 Å². The molecule has 4 aromatic rings. The maximum atomic E-state index is 13.9. The molecule has 3 fully saturated rings. The SMILES string of the molecule is CCOC(=O)C1(c2c([N+](=O)[O-])cnc3c2ccn3S(=O)(=O)c2ccccc2)CCN(c2cnn(C(CCCCO)CC3C4CC43)c2)CC1. The topological polar surface area (TPSA) is 163 Å². The van der Waals surface area contributed by atoms with Crippen LogP contribution in [0.4, 0.5) is 11.4 Å². The second-order valence-electron chi connectivity index (χ2n) is 13.2. The van der Waals surface area contributed by atoms with E-state index in [-0.39, 0.29) is 59.3 Å². The van der Waals surface area contributed by atoms with E-state index in [9.17, 15) is 28.4 Å². The molecule has 0 amide bonds. The summed E-state index contributed by atoms with van der Waals surface area (Å²) in [6.45, 7) is 2.75. The Kier molecular flexibility index (Phi) is 8.48. The van der Waals surface area contributed by atoms with Gasteiger partial charge in [-0.1, -0.05) is 18.2 Å². The van der Waals surface area contributed by atoms with Crippen molar-refractivity contribution in [1.82, 2.24) is 18.7 Å². The molecule has 254 valence electrons. The van der Waals surface area contributed by atoms with Gasteiger partial charge in [0.05, 0.1) is 39.9 Å². The number of fused-ring (bicyclic) bond motifs is 2. The minimum Gasteiger partial charge on any atom is -0.465 e. The van der Waals surface area contributed by atoms with E-state index in [1.165, 1.54) is 30.8 Å². The summed E-state index contributed by atoms with van der Waals surface area (Å²) in [5, 5.41) is 26.8. The van der Waals surface area contributed by atoms with Crippen LogP contribution in [0.3, 0.4) is 0 Å². The smallest absolute Gasteiger partial charge is 0.316 e. The maximum Gasteiger partial charge on any atom is 0.316 e. The van der Waals surface area contributed by atoms with Crippen molar-refractivity contribution >= 4 is 38.4 Å². The molecule has 2 saturated carbocycles. The number of aromatic nitrogens is 4. The lowest BCUT2D eigenvalue weighted by Crippen LogP contribution is -2.48. The number of benzene rings is 1. The van der Waals surface area contributed by atoms with E-state index < -0.39 is 26.3 Å². The molecular formula is C34H40N6O7S. The summed E-state index contributed by atoms with van der Waals surface area (Å²) < 4.78 is 35.9. The molecule has 3 aliphatic rings. The van der Waals surface area contributed by atoms with Crippen LogP contribution in [0.25, 0.3) is 11.0 Å². The number of carbonyl (C=O) groups excluding carboxylic acids is 1. The Labute approximate surface area is 278 Å². The van der Waals surface area contributed by atoms with Crippen LogP contribution >= 0.6 is 0 Å². The number of pyridine rings is 1. The highest BCUT2D eigenvalue weighted by Gasteiger charge is 2.63. The molecule has 1 aliphatic heterocycles. The Balaban J connectivity index is 1.21.